The van der Waals surface area contributed by atoms with Gasteiger partial charge in [0.2, 0.25) is 10.0 Å². The van der Waals surface area contributed by atoms with Gasteiger partial charge in [0.1, 0.15) is 13.2 Å². The number of hydrogen-bond acceptors (Lipinski definition) is 11. The topological polar surface area (TPSA) is 219 Å². The van der Waals surface area contributed by atoms with Gasteiger partial charge >= 0.3 is 5.97 Å². The maximum absolute atomic E-state index is 14.3. The Balaban J connectivity index is 1.44. The molecule has 4 atom stereocenters. The monoisotopic (exact) mass is 720 g/mol. The molecule has 19 heteroatoms. The lowest BCUT2D eigenvalue weighted by Gasteiger charge is -2.49. The summed E-state index contributed by atoms with van der Waals surface area (Å²) in [7, 11) is -3.64. The van der Waals surface area contributed by atoms with E-state index in [9.17, 15) is 22.8 Å². The highest BCUT2D eigenvalue weighted by molar-refractivity contribution is 7.88. The van der Waals surface area contributed by atoms with Crippen LogP contribution in [0.15, 0.2) is 52.1 Å². The molecule has 1 aliphatic heterocycles. The number of sulfonamides is 1. The average molecular weight is 722 g/mol. The summed E-state index contributed by atoms with van der Waals surface area (Å²) in [6.07, 6.45) is 3.53. The van der Waals surface area contributed by atoms with Gasteiger partial charge in [-0.2, -0.15) is 4.98 Å². The van der Waals surface area contributed by atoms with Crippen LogP contribution in [0, 0.1) is 0 Å². The molecule has 1 aliphatic carbocycles. The van der Waals surface area contributed by atoms with Crippen molar-refractivity contribution in [1.82, 2.24) is 25.2 Å². The molecule has 5 rings (SSSR count). The molecule has 48 heavy (non-hydrogen) atoms. The zero-order valence-corrected chi connectivity index (χ0v) is 27.7. The number of ether oxygens (including phenoxy) is 1. The summed E-state index contributed by atoms with van der Waals surface area (Å²) < 4.78 is 37.4. The first-order chi connectivity index (χ1) is 23.0. The Hall–Kier alpha value is -4.25. The Morgan fingerprint density at radius 2 is 1.92 bits per heavy atom. The van der Waals surface area contributed by atoms with E-state index >= 15 is 0 Å². The number of amides is 2. The molecular formula is C29H30Cl2N8O8S. The van der Waals surface area contributed by atoms with Gasteiger partial charge in [-0.3, -0.25) is 19.2 Å². The number of nitrogens with zero attached hydrogens (tertiary/aromatic N) is 6. The van der Waals surface area contributed by atoms with Gasteiger partial charge < -0.3 is 14.2 Å². The van der Waals surface area contributed by atoms with Crippen molar-refractivity contribution >= 4 is 51.0 Å². The third-order valence-electron chi connectivity index (χ3n) is 7.90. The summed E-state index contributed by atoms with van der Waals surface area (Å²) in [5.74, 6) is -2.90. The Morgan fingerprint density at radius 3 is 2.67 bits per heavy atom. The van der Waals surface area contributed by atoms with Gasteiger partial charge in [-0.25, -0.2) is 18.6 Å². The highest BCUT2D eigenvalue weighted by atomic mass is 35.5. The third-order valence-corrected chi connectivity index (χ3v) is 9.19. The lowest BCUT2D eigenvalue weighted by Crippen LogP contribution is -2.59. The van der Waals surface area contributed by atoms with Gasteiger partial charge in [-0.15, -0.1) is 0 Å². The van der Waals surface area contributed by atoms with E-state index < -0.39 is 52.5 Å². The SMILES string of the molecule is CS(=O)(=O)N[C@H]1CCCC[C@@H]1N1C(=O)c2ccccc2[C@@H](C(=O)NOCc2noc(COC(=O)CN=[N+]=[N-])n2)[C@@H]1c1ccc(Cl)cc1Cl. The molecule has 16 nitrogen and oxygen atoms in total. The molecule has 0 spiro atoms. The molecule has 1 fully saturated rings. The molecule has 0 unspecified atom stereocenters. The summed E-state index contributed by atoms with van der Waals surface area (Å²) >= 11 is 13.0. The number of benzene rings is 2. The van der Waals surface area contributed by atoms with Crippen LogP contribution in [0.4, 0.5) is 0 Å². The first-order valence-electron chi connectivity index (χ1n) is 14.7. The van der Waals surface area contributed by atoms with Crippen molar-refractivity contribution in [3.63, 3.8) is 0 Å². The number of aromatic nitrogens is 2. The summed E-state index contributed by atoms with van der Waals surface area (Å²) in [5, 5.41) is 7.39. The number of azide groups is 1. The molecule has 2 N–H and O–H groups in total. The fraction of sp³-hybridized carbons (Fsp3) is 0.414. The van der Waals surface area contributed by atoms with E-state index in [0.29, 0.717) is 29.0 Å². The van der Waals surface area contributed by atoms with E-state index in [1.54, 1.807) is 41.3 Å². The molecule has 0 saturated heterocycles. The molecule has 1 saturated carbocycles. The molecular weight excluding hydrogens is 691 g/mol. The Labute approximate surface area is 284 Å². The minimum Gasteiger partial charge on any atom is -0.455 e. The molecule has 0 radical (unpaired) electrons. The minimum absolute atomic E-state index is 0.0198. The smallest absolute Gasteiger partial charge is 0.312 e. The van der Waals surface area contributed by atoms with E-state index in [4.69, 9.17) is 42.8 Å². The maximum Gasteiger partial charge on any atom is 0.312 e. The molecule has 2 heterocycles. The lowest BCUT2D eigenvalue weighted by atomic mass is 9.76. The van der Waals surface area contributed by atoms with E-state index in [-0.39, 0.29) is 41.4 Å². The van der Waals surface area contributed by atoms with Crippen LogP contribution in [0.1, 0.15) is 70.8 Å². The number of carbonyl (C=O) groups excluding carboxylic acids is 3. The third kappa shape index (κ3) is 8.24. The molecule has 2 amide bonds. The Bertz CT molecular complexity index is 1850. The van der Waals surface area contributed by atoms with Crippen molar-refractivity contribution in [2.75, 3.05) is 12.8 Å². The van der Waals surface area contributed by atoms with Gasteiger partial charge in [0.15, 0.2) is 12.4 Å². The molecule has 2 aromatic carbocycles. The van der Waals surface area contributed by atoms with Crippen LogP contribution in [0.2, 0.25) is 10.0 Å². The number of nitrogens with one attached hydrogen (secondary N) is 2. The van der Waals surface area contributed by atoms with E-state index in [0.717, 1.165) is 19.1 Å². The summed E-state index contributed by atoms with van der Waals surface area (Å²) in [6, 6.07) is 9.25. The van der Waals surface area contributed by atoms with Crippen molar-refractivity contribution in [1.29, 1.82) is 0 Å². The van der Waals surface area contributed by atoms with Crippen LogP contribution in [0.25, 0.3) is 10.4 Å². The quantitative estimate of drug-likeness (QED) is 0.0896. The minimum atomic E-state index is -3.64. The molecule has 1 aromatic heterocycles. The standard InChI is InChI=1S/C29H30Cl2N8O8S/c1-48(43,44)37-21-8-4-5-9-22(21)39-27(19-11-10-16(30)12-20(19)31)26(17-6-2-3-7-18(17)29(39)42)28(41)36-46-14-23-34-24(47-35-23)15-45-25(40)13-33-38-32/h2-3,6-7,10-12,21-22,26-27,37H,4-5,8-9,13-15H2,1H3,(H,36,41)/t21-,22-,26+,27-/m0/s1. The zero-order valence-electron chi connectivity index (χ0n) is 25.4. The largest absolute Gasteiger partial charge is 0.455 e. The second-order valence-electron chi connectivity index (χ2n) is 11.1. The normalized spacial score (nSPS) is 20.8. The van der Waals surface area contributed by atoms with Crippen molar-refractivity contribution in [3.8, 4) is 0 Å². The van der Waals surface area contributed by atoms with Crippen LogP contribution in [0.3, 0.4) is 0 Å². The first-order valence-corrected chi connectivity index (χ1v) is 17.3. The van der Waals surface area contributed by atoms with Crippen LogP contribution >= 0.6 is 23.2 Å². The summed E-state index contributed by atoms with van der Waals surface area (Å²) in [4.78, 5) is 53.5. The molecule has 2 aliphatic rings. The van der Waals surface area contributed by atoms with Gasteiger partial charge in [0.25, 0.3) is 17.7 Å². The zero-order chi connectivity index (χ0) is 34.4. The van der Waals surface area contributed by atoms with Crippen molar-refractivity contribution in [2.45, 2.75) is 62.9 Å². The number of esters is 1. The number of carbonyl (C=O) groups is 3. The highest BCUT2D eigenvalue weighted by Gasteiger charge is 2.49. The first kappa shape index (κ1) is 35.1. The Kier molecular flexibility index (Phi) is 11.2. The van der Waals surface area contributed by atoms with Crippen LogP contribution in [-0.4, -0.2) is 66.1 Å². The van der Waals surface area contributed by atoms with E-state index in [1.807, 2.05) is 0 Å². The molecule has 3 aromatic rings. The van der Waals surface area contributed by atoms with E-state index in [1.165, 1.54) is 6.07 Å². The number of rotatable bonds is 12. The predicted octanol–water partition coefficient (Wildman–Crippen LogP) is 4.12. The van der Waals surface area contributed by atoms with Crippen molar-refractivity contribution < 1.29 is 36.9 Å². The average Bonchev–Trinajstić information content (AvgIpc) is 3.50. The van der Waals surface area contributed by atoms with Gasteiger partial charge in [0, 0.05) is 32.6 Å². The molecule has 254 valence electrons. The van der Waals surface area contributed by atoms with E-state index in [2.05, 4.69) is 30.4 Å². The van der Waals surface area contributed by atoms with Gasteiger partial charge in [0.05, 0.1) is 18.2 Å². The van der Waals surface area contributed by atoms with Crippen molar-refractivity contribution in [2.24, 2.45) is 5.11 Å². The second kappa shape index (κ2) is 15.3. The highest BCUT2D eigenvalue weighted by Crippen LogP contribution is 2.47. The van der Waals surface area contributed by atoms with Crippen LogP contribution in [-0.2, 0) is 42.4 Å². The fourth-order valence-electron chi connectivity index (χ4n) is 6.05. The van der Waals surface area contributed by atoms with Crippen LogP contribution < -0.4 is 10.2 Å². The summed E-state index contributed by atoms with van der Waals surface area (Å²) in [5.41, 5.74) is 11.9. The van der Waals surface area contributed by atoms with Gasteiger partial charge in [-0.1, -0.05) is 70.6 Å². The number of hydrogen-bond donors (Lipinski definition) is 2. The van der Waals surface area contributed by atoms with Gasteiger partial charge in [-0.05, 0) is 47.7 Å². The molecule has 0 bridgehead atoms. The Morgan fingerprint density at radius 1 is 1.15 bits per heavy atom. The second-order valence-corrected chi connectivity index (χ2v) is 13.8. The maximum atomic E-state index is 14.3. The number of hydroxylamine groups is 1. The fourth-order valence-corrected chi connectivity index (χ4v) is 7.39. The van der Waals surface area contributed by atoms with Crippen molar-refractivity contribution in [3.05, 3.63) is 91.4 Å². The number of fused-ring (bicyclic) bond motifs is 1. The summed E-state index contributed by atoms with van der Waals surface area (Å²) in [6.45, 7) is -1.21. The number of halogens is 2. The van der Waals surface area contributed by atoms with Crippen LogP contribution in [0.5, 0.6) is 0 Å². The lowest BCUT2D eigenvalue weighted by molar-refractivity contribution is -0.144. The predicted molar refractivity (Wildman–Crippen MR) is 170 cm³/mol.